The van der Waals surface area contributed by atoms with Gasteiger partial charge in [-0.3, -0.25) is 0 Å². The van der Waals surface area contributed by atoms with Crippen LogP contribution >= 0.6 is 0 Å². The Labute approximate surface area is 320 Å². The monoisotopic (exact) mass is 703 g/mol. The normalized spacial score (nSPS) is 13.1. The highest BCUT2D eigenvalue weighted by atomic mass is 16.3. The summed E-state index contributed by atoms with van der Waals surface area (Å²) in [6, 6.07) is 68.3. The number of fused-ring (bicyclic) bond motifs is 8. The Balaban J connectivity index is 1.18. The molecule has 0 aliphatic heterocycles. The fourth-order valence-corrected chi connectivity index (χ4v) is 9.20. The van der Waals surface area contributed by atoms with Crippen LogP contribution in [-0.4, -0.2) is 0 Å². The van der Waals surface area contributed by atoms with Crippen LogP contribution in [0.25, 0.3) is 76.9 Å². The maximum atomic E-state index is 6.94. The van der Waals surface area contributed by atoms with Crippen molar-refractivity contribution in [1.29, 1.82) is 0 Å². The van der Waals surface area contributed by atoms with Crippen molar-refractivity contribution in [2.24, 2.45) is 0 Å². The molecule has 10 aromatic rings. The molecule has 2 nitrogen and oxygen atoms in total. The molecule has 0 saturated carbocycles. The minimum atomic E-state index is -0.129. The van der Waals surface area contributed by atoms with Gasteiger partial charge in [-0.25, -0.2) is 0 Å². The van der Waals surface area contributed by atoms with E-state index in [1.165, 1.54) is 60.5 Å². The summed E-state index contributed by atoms with van der Waals surface area (Å²) in [5.74, 6) is 0. The third-order valence-electron chi connectivity index (χ3n) is 11.8. The van der Waals surface area contributed by atoms with Gasteiger partial charge in [0.1, 0.15) is 11.2 Å². The van der Waals surface area contributed by atoms with Crippen LogP contribution in [-0.2, 0) is 5.41 Å². The molecule has 1 aromatic heterocycles. The lowest BCUT2D eigenvalue weighted by molar-refractivity contribution is 0.660. The number of hydrogen-bond donors (Lipinski definition) is 0. The van der Waals surface area contributed by atoms with Gasteiger partial charge in [0.2, 0.25) is 0 Å². The van der Waals surface area contributed by atoms with Crippen LogP contribution in [0.5, 0.6) is 0 Å². The van der Waals surface area contributed by atoms with Crippen molar-refractivity contribution in [2.45, 2.75) is 19.3 Å². The first-order valence-electron chi connectivity index (χ1n) is 19.1. The molecule has 0 bridgehead atoms. The summed E-state index contributed by atoms with van der Waals surface area (Å²) < 4.78 is 6.94. The Morgan fingerprint density at radius 1 is 0.418 bits per heavy atom. The molecule has 1 heterocycles. The van der Waals surface area contributed by atoms with Gasteiger partial charge in [-0.1, -0.05) is 159 Å². The Bertz CT molecular complexity index is 3130. The molecule has 0 amide bonds. The molecule has 0 fully saturated rings. The second-order valence-electron chi connectivity index (χ2n) is 15.3. The largest absolute Gasteiger partial charge is 0.455 e. The van der Waals surface area contributed by atoms with Crippen LogP contribution in [0.3, 0.4) is 0 Å². The first kappa shape index (κ1) is 31.6. The number of rotatable bonds is 5. The van der Waals surface area contributed by atoms with Crippen molar-refractivity contribution in [3.05, 3.63) is 199 Å². The average molecular weight is 704 g/mol. The number of nitrogens with zero attached hydrogens (tertiary/aromatic N) is 1. The van der Waals surface area contributed by atoms with E-state index in [2.05, 4.69) is 207 Å². The zero-order valence-corrected chi connectivity index (χ0v) is 30.8. The van der Waals surface area contributed by atoms with Gasteiger partial charge < -0.3 is 9.32 Å². The fourth-order valence-electron chi connectivity index (χ4n) is 9.20. The molecule has 1 aliphatic carbocycles. The van der Waals surface area contributed by atoms with E-state index in [0.717, 1.165) is 44.6 Å². The zero-order chi connectivity index (χ0) is 36.7. The van der Waals surface area contributed by atoms with Crippen molar-refractivity contribution < 1.29 is 4.42 Å². The molecule has 0 radical (unpaired) electrons. The van der Waals surface area contributed by atoms with Crippen LogP contribution in [0, 0.1) is 0 Å². The number of furan rings is 1. The van der Waals surface area contributed by atoms with Gasteiger partial charge >= 0.3 is 0 Å². The van der Waals surface area contributed by atoms with Gasteiger partial charge in [-0.2, -0.15) is 0 Å². The van der Waals surface area contributed by atoms with Gasteiger partial charge in [-0.15, -0.1) is 0 Å². The molecule has 2 heteroatoms. The third-order valence-corrected chi connectivity index (χ3v) is 11.8. The van der Waals surface area contributed by atoms with Gasteiger partial charge in [0.15, 0.2) is 0 Å². The highest BCUT2D eigenvalue weighted by Crippen LogP contribution is 2.52. The minimum Gasteiger partial charge on any atom is -0.455 e. The van der Waals surface area contributed by atoms with E-state index < -0.39 is 0 Å². The van der Waals surface area contributed by atoms with Gasteiger partial charge in [0.25, 0.3) is 0 Å². The molecule has 9 aromatic carbocycles. The molecule has 0 N–H and O–H groups in total. The topological polar surface area (TPSA) is 16.4 Å². The molecule has 260 valence electrons. The molecule has 0 spiro atoms. The Hall–Kier alpha value is -6.90. The summed E-state index contributed by atoms with van der Waals surface area (Å²) in [6.45, 7) is 4.70. The minimum absolute atomic E-state index is 0.129. The summed E-state index contributed by atoms with van der Waals surface area (Å²) in [5, 5.41) is 7.02. The Morgan fingerprint density at radius 2 is 1.05 bits per heavy atom. The molecule has 0 atom stereocenters. The summed E-state index contributed by atoms with van der Waals surface area (Å²) in [7, 11) is 0. The quantitative estimate of drug-likeness (QED) is 0.177. The number of hydrogen-bond acceptors (Lipinski definition) is 2. The number of benzene rings is 9. The van der Waals surface area contributed by atoms with E-state index in [4.69, 9.17) is 4.42 Å². The maximum absolute atomic E-state index is 6.94. The van der Waals surface area contributed by atoms with Gasteiger partial charge in [-0.05, 0) is 97.4 Å². The van der Waals surface area contributed by atoms with E-state index in [0.29, 0.717) is 0 Å². The Kier molecular flexibility index (Phi) is 6.93. The second-order valence-corrected chi connectivity index (χ2v) is 15.3. The van der Waals surface area contributed by atoms with E-state index in [1.54, 1.807) is 0 Å². The van der Waals surface area contributed by atoms with Crippen molar-refractivity contribution in [3.63, 3.8) is 0 Å². The van der Waals surface area contributed by atoms with Crippen molar-refractivity contribution in [2.75, 3.05) is 4.90 Å². The summed E-state index contributed by atoms with van der Waals surface area (Å²) >= 11 is 0. The van der Waals surface area contributed by atoms with Crippen molar-refractivity contribution >= 4 is 60.5 Å². The molecule has 1 aliphatic rings. The van der Waals surface area contributed by atoms with Gasteiger partial charge in [0.05, 0.1) is 5.69 Å². The second kappa shape index (κ2) is 12.1. The van der Waals surface area contributed by atoms with Crippen LogP contribution < -0.4 is 4.90 Å². The smallest absolute Gasteiger partial charge is 0.143 e. The predicted molar refractivity (Wildman–Crippen MR) is 232 cm³/mol. The Morgan fingerprint density at radius 3 is 1.93 bits per heavy atom. The van der Waals surface area contributed by atoms with Crippen LogP contribution in [0.15, 0.2) is 192 Å². The molecule has 55 heavy (non-hydrogen) atoms. The predicted octanol–water partition coefficient (Wildman–Crippen LogP) is 15.0. The number of anilines is 3. The first-order valence-corrected chi connectivity index (χ1v) is 19.1. The molecular formula is C53H37NO. The van der Waals surface area contributed by atoms with Crippen LogP contribution in [0.2, 0.25) is 0 Å². The van der Waals surface area contributed by atoms with Gasteiger partial charge in [0, 0.05) is 38.7 Å². The lowest BCUT2D eigenvalue weighted by Gasteiger charge is -2.30. The number of para-hydroxylation sites is 1. The first-order chi connectivity index (χ1) is 27.0. The highest BCUT2D eigenvalue weighted by molar-refractivity contribution is 6.21. The summed E-state index contributed by atoms with van der Waals surface area (Å²) in [4.78, 5) is 2.44. The van der Waals surface area contributed by atoms with Crippen LogP contribution in [0.4, 0.5) is 17.1 Å². The fraction of sp³-hybridized carbons (Fsp3) is 0.0566. The van der Waals surface area contributed by atoms with Crippen LogP contribution in [0.1, 0.15) is 25.0 Å². The highest BCUT2D eigenvalue weighted by Gasteiger charge is 2.36. The average Bonchev–Trinajstić information content (AvgIpc) is 3.71. The summed E-state index contributed by atoms with van der Waals surface area (Å²) in [5.41, 5.74) is 15.0. The van der Waals surface area contributed by atoms with E-state index >= 15 is 0 Å². The van der Waals surface area contributed by atoms with Crippen molar-refractivity contribution in [1.82, 2.24) is 0 Å². The standard InChI is InChI=1S/C53H37NO/c1-53(2)47-25-12-10-23-42(47)43-29-27-38(33-48(43)53)54(49-26-13-11-21-40(49)35-15-4-3-5-16-35)37-28-30-50-45(32-37)46-31-36-18-7-9-22-41(36)51(52(46)55-50)44-24-14-19-34-17-6-8-20-39(34)44/h3-33H,1-2H3. The lowest BCUT2D eigenvalue weighted by Crippen LogP contribution is -2.16. The van der Waals surface area contributed by atoms with E-state index in [9.17, 15) is 0 Å². The van der Waals surface area contributed by atoms with E-state index in [-0.39, 0.29) is 5.41 Å². The summed E-state index contributed by atoms with van der Waals surface area (Å²) in [6.07, 6.45) is 0. The lowest BCUT2D eigenvalue weighted by atomic mass is 9.82. The molecule has 0 unspecified atom stereocenters. The SMILES string of the molecule is CC1(C)c2ccccc2-c2ccc(N(c3ccc4oc5c(-c6cccc7ccccc67)c6ccccc6cc5c4c3)c3ccccc3-c3ccccc3)cc21. The molecule has 0 saturated heterocycles. The maximum Gasteiger partial charge on any atom is 0.143 e. The third kappa shape index (κ3) is 4.81. The molecular weight excluding hydrogens is 667 g/mol. The zero-order valence-electron chi connectivity index (χ0n) is 30.8. The molecule has 11 rings (SSSR count). The van der Waals surface area contributed by atoms with Crippen molar-refractivity contribution in [3.8, 4) is 33.4 Å². The van der Waals surface area contributed by atoms with E-state index in [1.807, 2.05) is 0 Å².